The van der Waals surface area contributed by atoms with Crippen LogP contribution >= 0.6 is 23.2 Å². The van der Waals surface area contributed by atoms with Crippen molar-refractivity contribution in [1.82, 2.24) is 14.8 Å². The van der Waals surface area contributed by atoms with Crippen molar-refractivity contribution in [3.63, 3.8) is 0 Å². The summed E-state index contributed by atoms with van der Waals surface area (Å²) in [5, 5.41) is 8.38. The molecule has 0 spiro atoms. The van der Waals surface area contributed by atoms with Gasteiger partial charge >= 0.3 is 0 Å². The molecule has 4 rings (SSSR count). The minimum Gasteiger partial charge on any atom is -0.497 e. The first-order valence-corrected chi connectivity index (χ1v) is 9.73. The zero-order valence-electron chi connectivity index (χ0n) is 15.8. The van der Waals surface area contributed by atoms with E-state index in [4.69, 9.17) is 27.9 Å². The van der Waals surface area contributed by atoms with E-state index in [1.807, 2.05) is 12.1 Å². The number of hydrogen-bond acceptors (Lipinski definition) is 4. The number of anilines is 1. The van der Waals surface area contributed by atoms with Crippen LogP contribution in [-0.2, 0) is 0 Å². The van der Waals surface area contributed by atoms with Crippen molar-refractivity contribution >= 4 is 34.8 Å². The third-order valence-corrected chi connectivity index (χ3v) is 4.78. The van der Waals surface area contributed by atoms with Gasteiger partial charge in [0, 0.05) is 27.4 Å². The van der Waals surface area contributed by atoms with Crippen LogP contribution < -0.4 is 10.1 Å². The van der Waals surface area contributed by atoms with Gasteiger partial charge < -0.3 is 10.1 Å². The van der Waals surface area contributed by atoms with E-state index in [9.17, 15) is 4.79 Å². The summed E-state index contributed by atoms with van der Waals surface area (Å²) in [6.45, 7) is 0. The summed E-state index contributed by atoms with van der Waals surface area (Å²) >= 11 is 12.2. The molecule has 0 radical (unpaired) electrons. The lowest BCUT2D eigenvalue weighted by molar-refractivity contribution is 0.101. The fourth-order valence-electron chi connectivity index (χ4n) is 2.87. The summed E-state index contributed by atoms with van der Waals surface area (Å²) in [5.41, 5.74) is 2.01. The second-order valence-electron chi connectivity index (χ2n) is 6.34. The molecule has 4 aromatic rings. The molecule has 0 atom stereocenters. The molecule has 1 N–H and O–H groups in total. The van der Waals surface area contributed by atoms with Crippen molar-refractivity contribution in [2.75, 3.05) is 12.4 Å². The molecule has 0 aliphatic rings. The van der Waals surface area contributed by atoms with Crippen LogP contribution in [0.4, 0.5) is 5.69 Å². The maximum absolute atomic E-state index is 12.8. The van der Waals surface area contributed by atoms with Crippen LogP contribution in [0, 0.1) is 0 Å². The van der Waals surface area contributed by atoms with Crippen LogP contribution in [0.3, 0.4) is 0 Å². The molecule has 1 aromatic heterocycles. The third kappa shape index (κ3) is 4.30. The number of hydrogen-bond donors (Lipinski definition) is 1. The molecule has 0 saturated heterocycles. The maximum Gasteiger partial charge on any atom is 0.295 e. The van der Waals surface area contributed by atoms with E-state index < -0.39 is 5.91 Å². The summed E-state index contributed by atoms with van der Waals surface area (Å²) in [4.78, 5) is 17.3. The standard InChI is InChI=1S/C22H16Cl2N4O2/c1-30-19-7-3-6-17(13-19)25-22(29)20-26-21(14-4-2-5-16(24)12-14)28(27-20)18-10-8-15(23)9-11-18/h2-13H,1H3,(H,25,29). The van der Waals surface area contributed by atoms with Gasteiger partial charge in [0.2, 0.25) is 5.82 Å². The molecule has 0 saturated carbocycles. The van der Waals surface area contributed by atoms with Crippen LogP contribution in [-0.4, -0.2) is 27.8 Å². The Morgan fingerprint density at radius 3 is 2.47 bits per heavy atom. The number of nitrogens with zero attached hydrogens (tertiary/aromatic N) is 3. The normalized spacial score (nSPS) is 10.6. The molecular weight excluding hydrogens is 423 g/mol. The lowest BCUT2D eigenvalue weighted by Crippen LogP contribution is -2.14. The second-order valence-corrected chi connectivity index (χ2v) is 7.22. The van der Waals surface area contributed by atoms with E-state index >= 15 is 0 Å². The molecule has 1 heterocycles. The van der Waals surface area contributed by atoms with Gasteiger partial charge in [-0.3, -0.25) is 4.79 Å². The first-order valence-electron chi connectivity index (χ1n) is 8.98. The summed E-state index contributed by atoms with van der Waals surface area (Å²) in [7, 11) is 1.56. The van der Waals surface area contributed by atoms with Crippen molar-refractivity contribution in [3.8, 4) is 22.8 Å². The zero-order chi connectivity index (χ0) is 21.1. The average Bonchev–Trinajstić information content (AvgIpc) is 3.20. The summed E-state index contributed by atoms with van der Waals surface area (Å²) < 4.78 is 6.78. The van der Waals surface area contributed by atoms with Crippen LogP contribution in [0.2, 0.25) is 10.0 Å². The molecule has 6 nitrogen and oxygen atoms in total. The molecule has 0 aliphatic carbocycles. The minimum absolute atomic E-state index is 0.0164. The Bertz CT molecular complexity index is 1210. The number of halogens is 2. The zero-order valence-corrected chi connectivity index (χ0v) is 17.4. The van der Waals surface area contributed by atoms with E-state index in [0.29, 0.717) is 33.0 Å². The van der Waals surface area contributed by atoms with Gasteiger partial charge in [-0.1, -0.05) is 41.4 Å². The van der Waals surface area contributed by atoms with Crippen LogP contribution in [0.5, 0.6) is 5.75 Å². The monoisotopic (exact) mass is 438 g/mol. The van der Waals surface area contributed by atoms with Gasteiger partial charge in [0.1, 0.15) is 5.75 Å². The van der Waals surface area contributed by atoms with Gasteiger partial charge in [-0.25, -0.2) is 9.67 Å². The lowest BCUT2D eigenvalue weighted by atomic mass is 10.2. The number of benzene rings is 3. The number of rotatable bonds is 5. The first kappa shape index (κ1) is 19.9. The summed E-state index contributed by atoms with van der Waals surface area (Å²) in [6.07, 6.45) is 0. The van der Waals surface area contributed by atoms with Crippen molar-refractivity contribution in [2.24, 2.45) is 0 Å². The quantitative estimate of drug-likeness (QED) is 0.446. The highest BCUT2D eigenvalue weighted by Gasteiger charge is 2.19. The van der Waals surface area contributed by atoms with Crippen molar-refractivity contribution in [2.45, 2.75) is 0 Å². The SMILES string of the molecule is COc1cccc(NC(=O)c2nc(-c3cccc(Cl)c3)n(-c3ccc(Cl)cc3)n2)c1. The van der Waals surface area contributed by atoms with E-state index in [1.165, 1.54) is 0 Å². The topological polar surface area (TPSA) is 69.0 Å². The largest absolute Gasteiger partial charge is 0.497 e. The maximum atomic E-state index is 12.8. The highest BCUT2D eigenvalue weighted by Crippen LogP contribution is 2.25. The van der Waals surface area contributed by atoms with Gasteiger partial charge in [-0.05, 0) is 48.5 Å². The smallest absolute Gasteiger partial charge is 0.295 e. The number of ether oxygens (including phenoxy) is 1. The molecule has 0 aliphatic heterocycles. The molecule has 3 aromatic carbocycles. The Morgan fingerprint density at radius 2 is 1.73 bits per heavy atom. The Morgan fingerprint density at radius 1 is 0.967 bits per heavy atom. The molecular formula is C22H16Cl2N4O2. The Balaban J connectivity index is 1.74. The van der Waals surface area contributed by atoms with Crippen molar-refractivity contribution < 1.29 is 9.53 Å². The summed E-state index contributed by atoms with van der Waals surface area (Å²) in [5.74, 6) is 0.685. The van der Waals surface area contributed by atoms with Crippen LogP contribution in [0.15, 0.2) is 72.8 Å². The van der Waals surface area contributed by atoms with E-state index in [1.54, 1.807) is 72.5 Å². The lowest BCUT2D eigenvalue weighted by Gasteiger charge is -2.06. The molecule has 0 unspecified atom stereocenters. The number of methoxy groups -OCH3 is 1. The Kier molecular flexibility index (Phi) is 5.70. The van der Waals surface area contributed by atoms with Gasteiger partial charge in [-0.2, -0.15) is 0 Å². The molecule has 0 bridgehead atoms. The second kappa shape index (κ2) is 8.57. The molecule has 1 amide bonds. The Labute approximate surface area is 183 Å². The number of carbonyl (C=O) groups is 1. The fourth-order valence-corrected chi connectivity index (χ4v) is 3.19. The molecule has 0 fully saturated rings. The van der Waals surface area contributed by atoms with Crippen molar-refractivity contribution in [1.29, 1.82) is 0 Å². The van der Waals surface area contributed by atoms with Crippen molar-refractivity contribution in [3.05, 3.63) is 88.7 Å². The van der Waals surface area contributed by atoms with Gasteiger partial charge in [0.15, 0.2) is 5.82 Å². The van der Waals surface area contributed by atoms with E-state index in [0.717, 1.165) is 5.56 Å². The first-order chi connectivity index (χ1) is 14.5. The molecule has 30 heavy (non-hydrogen) atoms. The predicted octanol–water partition coefficient (Wildman–Crippen LogP) is 5.50. The van der Waals surface area contributed by atoms with Crippen LogP contribution in [0.25, 0.3) is 17.1 Å². The average molecular weight is 439 g/mol. The summed E-state index contributed by atoms with van der Waals surface area (Å²) in [6, 6.07) is 21.3. The van der Waals surface area contributed by atoms with Gasteiger partial charge in [0.25, 0.3) is 5.91 Å². The van der Waals surface area contributed by atoms with Gasteiger partial charge in [0.05, 0.1) is 12.8 Å². The molecule has 8 heteroatoms. The third-order valence-electron chi connectivity index (χ3n) is 4.29. The molecule has 150 valence electrons. The van der Waals surface area contributed by atoms with E-state index in [2.05, 4.69) is 15.4 Å². The number of aromatic nitrogens is 3. The number of nitrogens with one attached hydrogen (secondary N) is 1. The van der Waals surface area contributed by atoms with Crippen LogP contribution in [0.1, 0.15) is 10.6 Å². The van der Waals surface area contributed by atoms with Gasteiger partial charge in [-0.15, -0.1) is 5.10 Å². The Hall–Kier alpha value is -3.35. The highest BCUT2D eigenvalue weighted by atomic mass is 35.5. The predicted molar refractivity (Wildman–Crippen MR) is 118 cm³/mol. The minimum atomic E-state index is -0.445. The fraction of sp³-hybridized carbons (Fsp3) is 0.0455. The number of carbonyl (C=O) groups excluding carboxylic acids is 1. The number of amides is 1. The highest BCUT2D eigenvalue weighted by molar-refractivity contribution is 6.31. The van der Waals surface area contributed by atoms with E-state index in [-0.39, 0.29) is 5.82 Å².